The topological polar surface area (TPSA) is 197 Å². The van der Waals surface area contributed by atoms with E-state index in [-0.39, 0.29) is 40.7 Å². The van der Waals surface area contributed by atoms with Gasteiger partial charge in [-0.25, -0.2) is 18.4 Å². The molecule has 0 saturated carbocycles. The molecule has 4 amide bonds. The smallest absolute Gasteiger partial charge is 0.271 e. The number of sulfone groups is 1. The number of benzene rings is 2. The molecule has 264 valence electrons. The summed E-state index contributed by atoms with van der Waals surface area (Å²) in [6.07, 6.45) is 9.15. The van der Waals surface area contributed by atoms with E-state index in [0.717, 1.165) is 75.5 Å². The Kier molecular flexibility index (Phi) is 10.4. The summed E-state index contributed by atoms with van der Waals surface area (Å²) >= 11 is 0. The first-order valence-corrected chi connectivity index (χ1v) is 18.8. The molecule has 0 aliphatic carbocycles. The minimum atomic E-state index is -3.34. The van der Waals surface area contributed by atoms with Crippen molar-refractivity contribution in [1.82, 2.24) is 25.5 Å². The van der Waals surface area contributed by atoms with Gasteiger partial charge in [0.1, 0.15) is 11.9 Å². The van der Waals surface area contributed by atoms with E-state index in [2.05, 4.69) is 36.9 Å². The third kappa shape index (κ3) is 8.11. The molecule has 2 fully saturated rings. The summed E-state index contributed by atoms with van der Waals surface area (Å²) in [7, 11) is -3.34. The van der Waals surface area contributed by atoms with Crippen LogP contribution >= 0.6 is 0 Å². The van der Waals surface area contributed by atoms with Gasteiger partial charge in [0.25, 0.3) is 11.8 Å². The van der Waals surface area contributed by atoms with Crippen molar-refractivity contribution in [3.8, 4) is 0 Å². The van der Waals surface area contributed by atoms with E-state index in [1.807, 2.05) is 12.1 Å². The lowest BCUT2D eigenvalue weighted by atomic mass is 10.0. The third-order valence-corrected chi connectivity index (χ3v) is 10.6. The second-order valence-electron chi connectivity index (χ2n) is 13.2. The van der Waals surface area contributed by atoms with Crippen LogP contribution in [-0.4, -0.2) is 84.9 Å². The number of nitrogens with two attached hydrogens (primary N) is 1. The number of fused-ring (bicyclic) bond motifs is 1. The zero-order valence-electron chi connectivity index (χ0n) is 28.0. The number of carbonyl (C=O) groups excluding carboxylic acids is 4. The van der Waals surface area contributed by atoms with Gasteiger partial charge in [0.2, 0.25) is 11.8 Å². The number of carbonyl (C=O) groups is 4. The van der Waals surface area contributed by atoms with E-state index in [1.165, 1.54) is 12.1 Å². The molecular weight excluding hydrogens is 661 g/mol. The van der Waals surface area contributed by atoms with Crippen LogP contribution in [0.5, 0.6) is 0 Å². The van der Waals surface area contributed by atoms with E-state index in [0.29, 0.717) is 30.0 Å². The number of imide groups is 1. The molecule has 0 bridgehead atoms. The molecule has 1 unspecified atom stereocenters. The fraction of sp³-hybridized carbons (Fsp3) is 0.429. The van der Waals surface area contributed by atoms with Gasteiger partial charge in [0.15, 0.2) is 21.3 Å². The number of nitrogens with one attached hydrogen (secondary N) is 3. The van der Waals surface area contributed by atoms with Gasteiger partial charge < -0.3 is 26.2 Å². The van der Waals surface area contributed by atoms with Crippen LogP contribution in [-0.2, 0) is 32.4 Å². The number of unbranched alkanes of at least 4 members (excludes halogenated alkanes) is 2. The summed E-state index contributed by atoms with van der Waals surface area (Å²) in [5.41, 5.74) is 8.77. The van der Waals surface area contributed by atoms with E-state index in [9.17, 15) is 27.6 Å². The Morgan fingerprint density at radius 1 is 1.06 bits per heavy atom. The molecule has 50 heavy (non-hydrogen) atoms. The molecule has 3 aromatic rings. The largest absolute Gasteiger partial charge is 0.364 e. The monoisotopic (exact) mass is 702 g/mol. The summed E-state index contributed by atoms with van der Waals surface area (Å²) in [5, 5.41) is 9.08. The van der Waals surface area contributed by atoms with E-state index >= 15 is 0 Å². The lowest BCUT2D eigenvalue weighted by Gasteiger charge is -2.34. The van der Waals surface area contributed by atoms with E-state index in [4.69, 9.17) is 5.73 Å². The molecule has 1 aromatic heterocycles. The van der Waals surface area contributed by atoms with Gasteiger partial charge in [-0.15, -0.1) is 0 Å². The van der Waals surface area contributed by atoms with Crippen molar-refractivity contribution < 1.29 is 27.6 Å². The number of aromatic nitrogens is 2. The van der Waals surface area contributed by atoms with Gasteiger partial charge in [-0.1, -0.05) is 18.6 Å². The summed E-state index contributed by atoms with van der Waals surface area (Å²) < 4.78 is 23.6. The van der Waals surface area contributed by atoms with Gasteiger partial charge in [-0.05, 0) is 86.5 Å². The molecule has 2 aromatic carbocycles. The maximum Gasteiger partial charge on any atom is 0.271 e. The Morgan fingerprint density at radius 2 is 1.86 bits per heavy atom. The lowest BCUT2D eigenvalue weighted by molar-refractivity contribution is -0.136. The van der Waals surface area contributed by atoms with E-state index < -0.39 is 27.7 Å². The molecule has 14 nitrogen and oxygen atoms in total. The molecule has 0 spiro atoms. The van der Waals surface area contributed by atoms with Crippen LogP contribution < -0.4 is 26.6 Å². The van der Waals surface area contributed by atoms with Crippen LogP contribution in [0.4, 0.5) is 17.3 Å². The van der Waals surface area contributed by atoms with Crippen LogP contribution in [0.3, 0.4) is 0 Å². The minimum absolute atomic E-state index is 0.00619. The standard InChI is InChI=1S/C35H42N8O6S/c1-50(48,49)26-12-10-24(11-13-26)39-33-31(32(36)45)38-19-29(40-33)42-17-5-7-25(21-42)37-16-4-2-3-6-22-8-9-23-20-43(35(47)27(23)18-22)28-14-15-30(44)41-34(28)46/h8-13,18-19,25,28,37H,2-7,14-17,20-21H2,1H3,(H2,36,45)(H,39,40)(H,41,44,46)/t25-,28?/m1/s1. The lowest BCUT2D eigenvalue weighted by Crippen LogP contribution is -2.52. The maximum absolute atomic E-state index is 13.1. The van der Waals surface area contributed by atoms with Crippen molar-refractivity contribution in [2.75, 3.05) is 36.1 Å². The molecule has 0 radical (unpaired) electrons. The molecule has 4 heterocycles. The molecule has 6 rings (SSSR count). The first kappa shape index (κ1) is 35.0. The Bertz CT molecular complexity index is 1900. The van der Waals surface area contributed by atoms with Gasteiger partial charge in [0.05, 0.1) is 11.1 Å². The molecule has 5 N–H and O–H groups in total. The highest BCUT2D eigenvalue weighted by molar-refractivity contribution is 7.90. The third-order valence-electron chi connectivity index (χ3n) is 9.45. The Hall–Kier alpha value is -4.89. The number of amides is 4. The van der Waals surface area contributed by atoms with Gasteiger partial charge >= 0.3 is 0 Å². The molecule has 3 aliphatic heterocycles. The van der Waals surface area contributed by atoms with Crippen molar-refractivity contribution in [3.05, 3.63) is 71.0 Å². The number of piperidine rings is 2. The van der Waals surface area contributed by atoms with Crippen molar-refractivity contribution in [1.29, 1.82) is 0 Å². The second kappa shape index (κ2) is 14.9. The highest BCUT2D eigenvalue weighted by Gasteiger charge is 2.39. The van der Waals surface area contributed by atoms with Gasteiger partial charge in [-0.3, -0.25) is 24.5 Å². The van der Waals surface area contributed by atoms with Crippen LogP contribution in [0.25, 0.3) is 0 Å². The van der Waals surface area contributed by atoms with E-state index in [1.54, 1.807) is 23.2 Å². The zero-order chi connectivity index (χ0) is 35.4. The molecule has 3 aliphatic rings. The Balaban J connectivity index is 0.965. The predicted octanol–water partition coefficient (Wildman–Crippen LogP) is 2.46. The molecule has 2 saturated heterocycles. The van der Waals surface area contributed by atoms with Crippen LogP contribution in [0.2, 0.25) is 0 Å². The normalized spacial score (nSPS) is 19.3. The molecule has 2 atom stereocenters. The number of hydrogen-bond donors (Lipinski definition) is 4. The number of rotatable bonds is 13. The molecule has 15 heteroatoms. The first-order chi connectivity index (χ1) is 24.0. The van der Waals surface area contributed by atoms with Crippen LogP contribution in [0.1, 0.15) is 76.9 Å². The zero-order valence-corrected chi connectivity index (χ0v) is 28.8. The predicted molar refractivity (Wildman–Crippen MR) is 187 cm³/mol. The fourth-order valence-corrected chi connectivity index (χ4v) is 7.40. The fourth-order valence-electron chi connectivity index (χ4n) is 6.77. The second-order valence-corrected chi connectivity index (χ2v) is 15.2. The minimum Gasteiger partial charge on any atom is -0.364 e. The van der Waals surface area contributed by atoms with Gasteiger partial charge in [-0.2, -0.15) is 0 Å². The summed E-state index contributed by atoms with van der Waals surface area (Å²) in [5.74, 6) is -0.741. The maximum atomic E-state index is 13.1. The quantitative estimate of drug-likeness (QED) is 0.151. The highest BCUT2D eigenvalue weighted by atomic mass is 32.2. The summed E-state index contributed by atoms with van der Waals surface area (Å²) in [6, 6.07) is 11.8. The first-order valence-electron chi connectivity index (χ1n) is 16.9. The van der Waals surface area contributed by atoms with Gasteiger partial charge in [0, 0.05) is 49.6 Å². The average molecular weight is 703 g/mol. The number of nitrogens with zero attached hydrogens (tertiary/aromatic N) is 4. The van der Waals surface area contributed by atoms with Crippen molar-refractivity contribution >= 4 is 50.8 Å². The number of hydrogen-bond acceptors (Lipinski definition) is 11. The van der Waals surface area contributed by atoms with Crippen molar-refractivity contribution in [2.24, 2.45) is 5.73 Å². The van der Waals surface area contributed by atoms with Crippen molar-refractivity contribution in [3.63, 3.8) is 0 Å². The summed E-state index contributed by atoms with van der Waals surface area (Å²) in [4.78, 5) is 62.0. The Labute approximate surface area is 291 Å². The number of aryl methyl sites for hydroxylation is 1. The number of primary amides is 1. The number of anilines is 3. The van der Waals surface area contributed by atoms with Crippen LogP contribution in [0.15, 0.2) is 53.6 Å². The Morgan fingerprint density at radius 3 is 2.60 bits per heavy atom. The van der Waals surface area contributed by atoms with Crippen LogP contribution in [0, 0.1) is 0 Å². The van der Waals surface area contributed by atoms with Crippen molar-refractivity contribution in [2.45, 2.75) is 74.9 Å². The molecular formula is C35H42N8O6S. The summed E-state index contributed by atoms with van der Waals surface area (Å²) in [6.45, 7) is 2.77. The SMILES string of the molecule is CS(=O)(=O)c1ccc(Nc2nc(N3CCC[C@@H](NCCCCCc4ccc5c(c4)C(=O)N(C4CCC(=O)NC4=O)C5)C3)cnc2C(N)=O)cc1. The average Bonchev–Trinajstić information content (AvgIpc) is 3.41. The highest BCUT2D eigenvalue weighted by Crippen LogP contribution is 2.29.